The van der Waals surface area contributed by atoms with Gasteiger partial charge in [0.1, 0.15) is 5.82 Å². The summed E-state index contributed by atoms with van der Waals surface area (Å²) in [5.74, 6) is -2.09. The van der Waals surface area contributed by atoms with E-state index in [0.717, 1.165) is 0 Å². The highest BCUT2D eigenvalue weighted by atomic mass is 35.5. The fraction of sp³-hybridized carbons (Fsp3) is 0.467. The number of rotatable bonds is 5. The quantitative estimate of drug-likeness (QED) is 0.900. The second-order valence-corrected chi connectivity index (χ2v) is 5.98. The third-order valence-corrected chi connectivity index (χ3v) is 4.20. The van der Waals surface area contributed by atoms with Gasteiger partial charge in [-0.1, -0.05) is 18.5 Å². The van der Waals surface area contributed by atoms with Crippen molar-refractivity contribution in [3.8, 4) is 0 Å². The number of likely N-dealkylation sites (N-methyl/N-ethyl adjacent to an activating group) is 1. The van der Waals surface area contributed by atoms with Gasteiger partial charge in [0.05, 0.1) is 17.0 Å². The lowest BCUT2D eigenvalue weighted by molar-refractivity contribution is -0.142. The third-order valence-electron chi connectivity index (χ3n) is 3.91. The van der Waals surface area contributed by atoms with Gasteiger partial charge in [-0.2, -0.15) is 0 Å². The van der Waals surface area contributed by atoms with Crippen LogP contribution in [0.25, 0.3) is 0 Å². The monoisotopic (exact) mass is 328 g/mol. The summed E-state index contributed by atoms with van der Waals surface area (Å²) in [5.41, 5.74) is 0.554. The molecule has 2 rings (SSSR count). The van der Waals surface area contributed by atoms with Crippen LogP contribution in [0.15, 0.2) is 18.2 Å². The Hall–Kier alpha value is -1.66. The van der Waals surface area contributed by atoms with E-state index in [1.807, 2.05) is 0 Å². The Bertz CT molecular complexity index is 596. The number of carbonyl (C=O) groups excluding carboxylic acids is 1. The first-order valence-corrected chi connectivity index (χ1v) is 7.38. The van der Waals surface area contributed by atoms with Crippen molar-refractivity contribution in [2.75, 3.05) is 25.0 Å². The maximum Gasteiger partial charge on any atom is 0.307 e. The number of carbonyl (C=O) groups is 2. The molecule has 0 spiro atoms. The van der Waals surface area contributed by atoms with Crippen molar-refractivity contribution in [2.24, 2.45) is 5.92 Å². The molecule has 1 fully saturated rings. The molecule has 0 aromatic heterocycles. The number of amides is 1. The predicted octanol–water partition coefficient (Wildman–Crippen LogP) is 2.24. The van der Waals surface area contributed by atoms with Crippen LogP contribution in [0.2, 0.25) is 5.02 Å². The van der Waals surface area contributed by atoms with E-state index in [0.29, 0.717) is 25.2 Å². The molecule has 0 aliphatic carbocycles. The molecule has 5 nitrogen and oxygen atoms in total. The summed E-state index contributed by atoms with van der Waals surface area (Å²) in [6.45, 7) is 2.40. The Labute approximate surface area is 133 Å². The van der Waals surface area contributed by atoms with Crippen LogP contribution in [-0.4, -0.2) is 48.1 Å². The average Bonchev–Trinajstić information content (AvgIpc) is 2.83. The molecule has 0 bridgehead atoms. The first-order valence-electron chi connectivity index (χ1n) is 7.00. The molecular weight excluding hydrogens is 311 g/mol. The van der Waals surface area contributed by atoms with Gasteiger partial charge >= 0.3 is 5.97 Å². The summed E-state index contributed by atoms with van der Waals surface area (Å²) in [5, 5.41) is 8.93. The summed E-state index contributed by atoms with van der Waals surface area (Å²) in [6.07, 6.45) is 0.594. The highest BCUT2D eigenvalue weighted by molar-refractivity contribution is 6.31. The number of benzene rings is 1. The molecule has 1 amide bonds. The molecule has 2 unspecified atom stereocenters. The van der Waals surface area contributed by atoms with Crippen molar-refractivity contribution in [3.05, 3.63) is 29.0 Å². The molecule has 1 N–H and O–H groups in total. The Kier molecular flexibility index (Phi) is 5.03. The number of carboxylic acids is 1. The van der Waals surface area contributed by atoms with E-state index in [9.17, 15) is 14.0 Å². The summed E-state index contributed by atoms with van der Waals surface area (Å²) >= 11 is 5.75. The smallest absolute Gasteiger partial charge is 0.307 e. The molecule has 1 heterocycles. The van der Waals surface area contributed by atoms with Crippen LogP contribution >= 0.6 is 11.6 Å². The molecule has 1 aromatic carbocycles. The Morgan fingerprint density at radius 2 is 2.27 bits per heavy atom. The lowest BCUT2D eigenvalue weighted by Crippen LogP contribution is -2.42. The van der Waals surface area contributed by atoms with E-state index in [4.69, 9.17) is 16.7 Å². The summed E-state index contributed by atoms with van der Waals surface area (Å²) < 4.78 is 13.2. The zero-order valence-corrected chi connectivity index (χ0v) is 13.2. The number of carboxylic acid groups (broad SMARTS) is 1. The normalized spacial score (nSPS) is 19.8. The molecule has 0 saturated carbocycles. The lowest BCUT2D eigenvalue weighted by Gasteiger charge is -2.25. The molecule has 2 atom stereocenters. The van der Waals surface area contributed by atoms with Crippen LogP contribution in [0.4, 0.5) is 10.1 Å². The number of anilines is 1. The van der Waals surface area contributed by atoms with E-state index in [2.05, 4.69) is 0 Å². The standard InChI is InChI=1S/C15H18ClFN2O3/c1-9(15(21)22)8-18(2)13-5-6-19(14(13)20)10-3-4-12(17)11(16)7-10/h3-4,7,9,13H,5-6,8H2,1-2H3,(H,21,22). The molecule has 120 valence electrons. The maximum absolute atomic E-state index is 13.2. The molecule has 22 heavy (non-hydrogen) atoms. The Balaban J connectivity index is 2.09. The van der Waals surface area contributed by atoms with Crippen molar-refractivity contribution < 1.29 is 19.1 Å². The van der Waals surface area contributed by atoms with Crippen molar-refractivity contribution >= 4 is 29.2 Å². The van der Waals surface area contributed by atoms with Crippen LogP contribution < -0.4 is 4.90 Å². The summed E-state index contributed by atoms with van der Waals surface area (Å²) in [4.78, 5) is 26.7. The molecule has 1 aliphatic rings. The van der Waals surface area contributed by atoms with Crippen LogP contribution in [-0.2, 0) is 9.59 Å². The molecule has 0 radical (unpaired) electrons. The Morgan fingerprint density at radius 3 is 2.86 bits per heavy atom. The van der Waals surface area contributed by atoms with Gasteiger partial charge in [0.2, 0.25) is 5.91 Å². The first-order chi connectivity index (χ1) is 10.3. The van der Waals surface area contributed by atoms with Crippen LogP contribution in [0.1, 0.15) is 13.3 Å². The second kappa shape index (κ2) is 6.62. The van der Waals surface area contributed by atoms with Crippen LogP contribution in [0, 0.1) is 11.7 Å². The number of aliphatic carboxylic acids is 1. The van der Waals surface area contributed by atoms with Gasteiger partial charge in [-0.05, 0) is 31.7 Å². The first kappa shape index (κ1) is 16.7. The fourth-order valence-electron chi connectivity index (χ4n) is 2.62. The van der Waals surface area contributed by atoms with Gasteiger partial charge in [-0.3, -0.25) is 14.5 Å². The van der Waals surface area contributed by atoms with Gasteiger partial charge < -0.3 is 10.0 Å². The van der Waals surface area contributed by atoms with E-state index >= 15 is 0 Å². The zero-order chi connectivity index (χ0) is 16.4. The third kappa shape index (κ3) is 3.39. The van der Waals surface area contributed by atoms with Crippen LogP contribution in [0.5, 0.6) is 0 Å². The minimum absolute atomic E-state index is 0.0263. The Morgan fingerprint density at radius 1 is 1.59 bits per heavy atom. The SMILES string of the molecule is CC(CN(C)C1CCN(c2ccc(F)c(Cl)c2)C1=O)C(=O)O. The molecule has 1 aliphatic heterocycles. The van der Waals surface area contributed by atoms with Crippen molar-refractivity contribution in [3.63, 3.8) is 0 Å². The molecule has 1 saturated heterocycles. The van der Waals surface area contributed by atoms with Gasteiger partial charge in [0, 0.05) is 18.8 Å². The van der Waals surface area contributed by atoms with Crippen molar-refractivity contribution in [1.82, 2.24) is 4.90 Å². The van der Waals surface area contributed by atoms with Gasteiger partial charge in [0.25, 0.3) is 0 Å². The number of halogens is 2. The maximum atomic E-state index is 13.2. The van der Waals surface area contributed by atoms with Gasteiger partial charge in [0.15, 0.2) is 0 Å². The highest BCUT2D eigenvalue weighted by Crippen LogP contribution is 2.27. The largest absolute Gasteiger partial charge is 0.481 e. The molecule has 7 heteroatoms. The van der Waals surface area contributed by atoms with E-state index in [1.165, 1.54) is 18.2 Å². The second-order valence-electron chi connectivity index (χ2n) is 5.57. The summed E-state index contributed by atoms with van der Waals surface area (Å²) in [7, 11) is 1.74. The molecule has 1 aromatic rings. The minimum Gasteiger partial charge on any atom is -0.481 e. The zero-order valence-electron chi connectivity index (χ0n) is 12.4. The summed E-state index contributed by atoms with van der Waals surface area (Å²) in [6, 6.07) is 3.80. The number of nitrogens with zero attached hydrogens (tertiary/aromatic N) is 2. The highest BCUT2D eigenvalue weighted by Gasteiger charge is 2.36. The number of hydrogen-bond acceptors (Lipinski definition) is 3. The van der Waals surface area contributed by atoms with E-state index in [1.54, 1.807) is 23.8 Å². The van der Waals surface area contributed by atoms with Crippen LogP contribution in [0.3, 0.4) is 0 Å². The van der Waals surface area contributed by atoms with Crippen molar-refractivity contribution in [1.29, 1.82) is 0 Å². The predicted molar refractivity (Wildman–Crippen MR) is 81.6 cm³/mol. The van der Waals surface area contributed by atoms with Gasteiger partial charge in [-0.25, -0.2) is 4.39 Å². The van der Waals surface area contributed by atoms with Gasteiger partial charge in [-0.15, -0.1) is 0 Å². The molecular formula is C15H18ClFN2O3. The average molecular weight is 329 g/mol. The number of hydrogen-bond donors (Lipinski definition) is 1. The topological polar surface area (TPSA) is 60.9 Å². The lowest BCUT2D eigenvalue weighted by atomic mass is 10.1. The van der Waals surface area contributed by atoms with E-state index < -0.39 is 17.7 Å². The van der Waals surface area contributed by atoms with E-state index in [-0.39, 0.29) is 17.0 Å². The fourth-order valence-corrected chi connectivity index (χ4v) is 2.80. The minimum atomic E-state index is -0.889. The van der Waals surface area contributed by atoms with Crippen molar-refractivity contribution in [2.45, 2.75) is 19.4 Å².